The van der Waals surface area contributed by atoms with E-state index in [4.69, 9.17) is 0 Å². The predicted molar refractivity (Wildman–Crippen MR) is 67.3 cm³/mol. The van der Waals surface area contributed by atoms with Crippen molar-refractivity contribution >= 4 is 22.3 Å². The molecule has 0 bridgehead atoms. The Kier molecular flexibility index (Phi) is 3.02. The second kappa shape index (κ2) is 4.17. The van der Waals surface area contributed by atoms with Crippen molar-refractivity contribution < 1.29 is 4.79 Å². The Labute approximate surface area is 100 Å². The van der Waals surface area contributed by atoms with Crippen LogP contribution in [0.25, 0.3) is 0 Å². The van der Waals surface area contributed by atoms with Crippen molar-refractivity contribution in [3.05, 3.63) is 11.3 Å². The van der Waals surface area contributed by atoms with E-state index in [9.17, 15) is 4.79 Å². The smallest absolute Gasteiger partial charge is 0.164 e. The number of ketones is 1. The summed E-state index contributed by atoms with van der Waals surface area (Å²) in [5.74, 6) is 0.104. The van der Waals surface area contributed by atoms with E-state index in [2.05, 4.69) is 16.6 Å². The van der Waals surface area contributed by atoms with Gasteiger partial charge in [0.1, 0.15) is 5.00 Å². The molecule has 88 valence electrons. The van der Waals surface area contributed by atoms with E-state index in [1.807, 2.05) is 6.92 Å². The van der Waals surface area contributed by atoms with Crippen molar-refractivity contribution in [2.75, 3.05) is 11.9 Å². The summed E-state index contributed by atoms with van der Waals surface area (Å²) in [5, 5.41) is 4.34. The van der Waals surface area contributed by atoms with E-state index in [-0.39, 0.29) is 5.78 Å². The van der Waals surface area contributed by atoms with E-state index < -0.39 is 0 Å². The molecule has 0 spiro atoms. The molecule has 1 fully saturated rings. The summed E-state index contributed by atoms with van der Waals surface area (Å²) in [7, 11) is 0. The predicted octanol–water partition coefficient (Wildman–Crippen LogP) is 3.26. The van der Waals surface area contributed by atoms with Gasteiger partial charge in [-0.3, -0.25) is 4.79 Å². The van der Waals surface area contributed by atoms with Crippen LogP contribution in [0, 0.1) is 12.3 Å². The van der Waals surface area contributed by atoms with Gasteiger partial charge in [-0.25, -0.2) is 0 Å². The lowest BCUT2D eigenvalue weighted by atomic mass is 9.70. The number of carbonyl (C=O) groups excluding carboxylic acids is 1. The molecule has 0 unspecified atom stereocenters. The average molecular weight is 238 g/mol. The minimum absolute atomic E-state index is 0.104. The molecule has 1 aliphatic rings. The number of nitrogens with one attached hydrogen (secondary N) is 1. The number of hydrogen-bond donors (Lipinski definition) is 1. The zero-order valence-corrected chi connectivity index (χ0v) is 10.9. The van der Waals surface area contributed by atoms with Crippen molar-refractivity contribution in [1.82, 2.24) is 4.37 Å². The van der Waals surface area contributed by atoms with Crippen molar-refractivity contribution in [3.63, 3.8) is 0 Å². The minimum atomic E-state index is 0.104. The van der Waals surface area contributed by atoms with Gasteiger partial charge < -0.3 is 5.32 Å². The van der Waals surface area contributed by atoms with Gasteiger partial charge in [-0.1, -0.05) is 13.3 Å². The highest BCUT2D eigenvalue weighted by atomic mass is 32.1. The first-order valence-corrected chi connectivity index (χ1v) is 6.50. The Hall–Kier alpha value is -0.900. The summed E-state index contributed by atoms with van der Waals surface area (Å²) >= 11 is 1.40. The van der Waals surface area contributed by atoms with E-state index in [1.54, 1.807) is 6.92 Å². The van der Waals surface area contributed by atoms with Crippen molar-refractivity contribution in [1.29, 1.82) is 0 Å². The molecule has 1 heterocycles. The fourth-order valence-electron chi connectivity index (χ4n) is 2.16. The van der Waals surface area contributed by atoms with Crippen molar-refractivity contribution in [2.45, 2.75) is 40.0 Å². The summed E-state index contributed by atoms with van der Waals surface area (Å²) in [5.41, 5.74) is 2.04. The monoisotopic (exact) mass is 238 g/mol. The quantitative estimate of drug-likeness (QED) is 0.819. The van der Waals surface area contributed by atoms with Crippen LogP contribution in [-0.4, -0.2) is 16.7 Å². The number of carbonyl (C=O) groups is 1. The molecule has 4 heteroatoms. The maximum absolute atomic E-state index is 11.5. The number of nitrogens with zero attached hydrogens (tertiary/aromatic N) is 1. The minimum Gasteiger partial charge on any atom is -0.375 e. The number of Topliss-reactive ketones (excluding diaryl/α,β-unsaturated/α-hetero) is 1. The first-order valence-electron chi connectivity index (χ1n) is 5.73. The van der Waals surface area contributed by atoms with E-state index >= 15 is 0 Å². The first-order chi connectivity index (χ1) is 7.52. The molecule has 1 aromatic rings. The summed E-state index contributed by atoms with van der Waals surface area (Å²) < 4.78 is 4.24. The summed E-state index contributed by atoms with van der Waals surface area (Å²) in [6.45, 7) is 6.75. The van der Waals surface area contributed by atoms with Crippen molar-refractivity contribution in [2.24, 2.45) is 5.41 Å². The zero-order valence-electron chi connectivity index (χ0n) is 10.1. The molecular formula is C12H18N2OS. The summed E-state index contributed by atoms with van der Waals surface area (Å²) in [6.07, 6.45) is 3.90. The zero-order chi connectivity index (χ0) is 11.8. The largest absolute Gasteiger partial charge is 0.375 e. The van der Waals surface area contributed by atoms with E-state index in [0.29, 0.717) is 5.41 Å². The molecule has 1 aromatic heterocycles. The second-order valence-corrected chi connectivity index (χ2v) is 5.82. The molecule has 0 saturated heterocycles. The summed E-state index contributed by atoms with van der Waals surface area (Å²) in [4.78, 5) is 11.5. The number of aromatic nitrogens is 1. The Morgan fingerprint density at radius 1 is 1.56 bits per heavy atom. The maximum Gasteiger partial charge on any atom is 0.164 e. The Morgan fingerprint density at radius 2 is 2.25 bits per heavy atom. The van der Waals surface area contributed by atoms with Gasteiger partial charge in [-0.05, 0) is 43.6 Å². The normalized spacial score (nSPS) is 17.9. The van der Waals surface area contributed by atoms with Crippen LogP contribution in [0.5, 0.6) is 0 Å². The average Bonchev–Trinajstić information content (AvgIpc) is 2.53. The van der Waals surface area contributed by atoms with Crippen LogP contribution in [0.4, 0.5) is 5.00 Å². The van der Waals surface area contributed by atoms with E-state index in [0.717, 1.165) is 22.8 Å². The van der Waals surface area contributed by atoms with Gasteiger partial charge in [0.15, 0.2) is 5.78 Å². The third-order valence-corrected chi connectivity index (χ3v) is 4.35. The molecule has 0 amide bonds. The first kappa shape index (κ1) is 11.6. The SMILES string of the molecule is CC(=O)c1c(C)nsc1NCC1(C)CCC1. The lowest BCUT2D eigenvalue weighted by Gasteiger charge is -2.38. The van der Waals surface area contributed by atoms with Crippen LogP contribution in [-0.2, 0) is 0 Å². The van der Waals surface area contributed by atoms with Crippen LogP contribution >= 0.6 is 11.5 Å². The Morgan fingerprint density at radius 3 is 2.75 bits per heavy atom. The third kappa shape index (κ3) is 2.12. The van der Waals surface area contributed by atoms with Gasteiger partial charge in [0.2, 0.25) is 0 Å². The number of anilines is 1. The van der Waals surface area contributed by atoms with Crippen LogP contribution < -0.4 is 5.32 Å². The number of aryl methyl sites for hydroxylation is 1. The van der Waals surface area contributed by atoms with Crippen LogP contribution in [0.15, 0.2) is 0 Å². The highest BCUT2D eigenvalue weighted by Crippen LogP contribution is 2.40. The molecule has 16 heavy (non-hydrogen) atoms. The Balaban J connectivity index is 2.06. The lowest BCUT2D eigenvalue weighted by molar-refractivity contribution is 0.101. The third-order valence-electron chi connectivity index (χ3n) is 3.45. The molecule has 0 radical (unpaired) electrons. The van der Waals surface area contributed by atoms with E-state index in [1.165, 1.54) is 30.8 Å². The molecule has 1 N–H and O–H groups in total. The molecule has 2 rings (SSSR count). The Bertz CT molecular complexity index is 407. The number of rotatable bonds is 4. The molecule has 0 aliphatic heterocycles. The van der Waals surface area contributed by atoms with Gasteiger partial charge in [0, 0.05) is 6.54 Å². The molecule has 0 atom stereocenters. The molecule has 0 aromatic carbocycles. The topological polar surface area (TPSA) is 42.0 Å². The summed E-state index contributed by atoms with van der Waals surface area (Å²) in [6, 6.07) is 0. The molecule has 1 aliphatic carbocycles. The fraction of sp³-hybridized carbons (Fsp3) is 0.667. The number of hydrogen-bond acceptors (Lipinski definition) is 4. The van der Waals surface area contributed by atoms with Crippen molar-refractivity contribution in [3.8, 4) is 0 Å². The van der Waals surface area contributed by atoms with Crippen LogP contribution in [0.2, 0.25) is 0 Å². The standard InChI is InChI=1S/C12H18N2OS/c1-8-10(9(2)15)11(16-14-8)13-7-12(3)5-4-6-12/h13H,4-7H2,1-3H3. The molecular weight excluding hydrogens is 220 g/mol. The van der Waals surface area contributed by atoms with Gasteiger partial charge >= 0.3 is 0 Å². The van der Waals surface area contributed by atoms with Crippen LogP contribution in [0.1, 0.15) is 49.2 Å². The molecule has 3 nitrogen and oxygen atoms in total. The van der Waals surface area contributed by atoms with Gasteiger partial charge in [0.05, 0.1) is 11.3 Å². The van der Waals surface area contributed by atoms with Gasteiger partial charge in [-0.2, -0.15) is 4.37 Å². The highest BCUT2D eigenvalue weighted by molar-refractivity contribution is 7.10. The van der Waals surface area contributed by atoms with Gasteiger partial charge in [0.25, 0.3) is 0 Å². The highest BCUT2D eigenvalue weighted by Gasteiger charge is 2.31. The molecule has 1 saturated carbocycles. The lowest BCUT2D eigenvalue weighted by Crippen LogP contribution is -2.33. The fourth-order valence-corrected chi connectivity index (χ4v) is 2.99. The second-order valence-electron chi connectivity index (χ2n) is 5.05. The maximum atomic E-state index is 11.5. The van der Waals surface area contributed by atoms with Crippen LogP contribution in [0.3, 0.4) is 0 Å². The van der Waals surface area contributed by atoms with Gasteiger partial charge in [-0.15, -0.1) is 0 Å².